The van der Waals surface area contributed by atoms with Crippen LogP contribution in [0.25, 0.3) is 11.5 Å². The first-order valence-electron chi connectivity index (χ1n) is 8.34. The number of thioether (sulfide) groups is 1. The maximum Gasteiger partial charge on any atom is 0.387 e. The van der Waals surface area contributed by atoms with Crippen molar-refractivity contribution in [2.75, 3.05) is 5.32 Å². The van der Waals surface area contributed by atoms with Gasteiger partial charge in [0.25, 0.3) is 5.22 Å². The molecule has 0 radical (unpaired) electrons. The van der Waals surface area contributed by atoms with Gasteiger partial charge in [0.15, 0.2) is 0 Å². The number of alkyl halides is 2. The Morgan fingerprint density at radius 2 is 1.86 bits per heavy atom. The number of aryl methyl sites for hydroxylation is 1. The van der Waals surface area contributed by atoms with Crippen molar-refractivity contribution in [1.82, 2.24) is 10.2 Å². The fourth-order valence-corrected chi connectivity index (χ4v) is 2.96. The lowest BCUT2D eigenvalue weighted by Crippen LogP contribution is -2.23. The van der Waals surface area contributed by atoms with Crippen molar-refractivity contribution >= 4 is 23.4 Å². The Kier molecular flexibility index (Phi) is 6.25. The second-order valence-corrected chi connectivity index (χ2v) is 7.16. The van der Waals surface area contributed by atoms with Crippen molar-refractivity contribution in [1.29, 1.82) is 0 Å². The van der Waals surface area contributed by atoms with Crippen LogP contribution >= 0.6 is 11.8 Å². The molecule has 9 heteroatoms. The van der Waals surface area contributed by atoms with Crippen LogP contribution in [0.15, 0.2) is 58.2 Å². The summed E-state index contributed by atoms with van der Waals surface area (Å²) in [4.78, 5) is 12.4. The van der Waals surface area contributed by atoms with E-state index in [1.165, 1.54) is 18.2 Å². The molecule has 0 unspecified atom stereocenters. The highest BCUT2D eigenvalue weighted by Crippen LogP contribution is 2.29. The van der Waals surface area contributed by atoms with E-state index in [4.69, 9.17) is 4.42 Å². The predicted molar refractivity (Wildman–Crippen MR) is 101 cm³/mol. The first kappa shape index (κ1) is 19.8. The highest BCUT2D eigenvalue weighted by molar-refractivity contribution is 8.00. The van der Waals surface area contributed by atoms with Gasteiger partial charge in [-0.2, -0.15) is 8.78 Å². The van der Waals surface area contributed by atoms with Crippen LogP contribution in [-0.2, 0) is 4.79 Å². The van der Waals surface area contributed by atoms with Crippen molar-refractivity contribution in [3.63, 3.8) is 0 Å². The predicted octanol–water partition coefficient (Wildman–Crippen LogP) is 4.77. The maximum atomic E-state index is 12.5. The molecule has 1 amide bonds. The van der Waals surface area contributed by atoms with E-state index < -0.39 is 17.8 Å². The third-order valence-corrected chi connectivity index (χ3v) is 4.65. The molecule has 0 aliphatic rings. The van der Waals surface area contributed by atoms with Gasteiger partial charge in [-0.3, -0.25) is 4.79 Å². The summed E-state index contributed by atoms with van der Waals surface area (Å²) in [5.41, 5.74) is 2.05. The Hall–Kier alpha value is -2.94. The summed E-state index contributed by atoms with van der Waals surface area (Å²) in [6.07, 6.45) is 0. The average Bonchev–Trinajstić information content (AvgIpc) is 3.12. The molecule has 0 aliphatic heterocycles. The van der Waals surface area contributed by atoms with Crippen molar-refractivity contribution in [2.45, 2.75) is 30.9 Å². The topological polar surface area (TPSA) is 77.2 Å². The zero-order valence-electron chi connectivity index (χ0n) is 15.1. The highest BCUT2D eigenvalue weighted by atomic mass is 32.2. The van der Waals surface area contributed by atoms with Gasteiger partial charge in [0.2, 0.25) is 11.8 Å². The molecule has 1 aromatic heterocycles. The fourth-order valence-electron chi connectivity index (χ4n) is 2.28. The first-order valence-corrected chi connectivity index (χ1v) is 9.22. The number of para-hydroxylation sites is 2. The number of carbonyl (C=O) groups is 1. The van der Waals surface area contributed by atoms with E-state index in [1.807, 2.05) is 31.2 Å². The van der Waals surface area contributed by atoms with Crippen LogP contribution in [-0.4, -0.2) is 28.0 Å². The Bertz CT molecular complexity index is 948. The molecule has 3 aromatic rings. The van der Waals surface area contributed by atoms with Gasteiger partial charge in [0, 0.05) is 5.56 Å². The number of anilines is 1. The van der Waals surface area contributed by atoms with E-state index in [2.05, 4.69) is 20.3 Å². The molecule has 2 aromatic carbocycles. The molecule has 0 spiro atoms. The molecule has 0 saturated carbocycles. The number of halogens is 2. The third kappa shape index (κ3) is 5.07. The standard InChI is InChI=1S/C19H17F2N3O3S/c1-11-7-9-13(10-8-11)17-23-24-19(27-17)28-12(2)16(25)22-14-5-3-4-6-15(14)26-18(20)21/h3-10,12,18H,1-2H3,(H,22,25)/t12-/m1/s1. The Balaban J connectivity index is 1.64. The van der Waals surface area contributed by atoms with Crippen molar-refractivity contribution in [2.24, 2.45) is 0 Å². The van der Waals surface area contributed by atoms with Crippen LogP contribution in [0.5, 0.6) is 5.75 Å². The average molecular weight is 405 g/mol. The highest BCUT2D eigenvalue weighted by Gasteiger charge is 2.20. The van der Waals surface area contributed by atoms with E-state index in [-0.39, 0.29) is 16.7 Å². The lowest BCUT2D eigenvalue weighted by Gasteiger charge is -2.13. The molecular formula is C19H17F2N3O3S. The summed E-state index contributed by atoms with van der Waals surface area (Å²) < 4.78 is 35.0. The Morgan fingerprint density at radius 1 is 1.14 bits per heavy atom. The van der Waals surface area contributed by atoms with Crippen LogP contribution in [0.4, 0.5) is 14.5 Å². The smallest absolute Gasteiger partial charge is 0.387 e. The van der Waals surface area contributed by atoms with Gasteiger partial charge in [-0.1, -0.05) is 41.6 Å². The molecule has 28 heavy (non-hydrogen) atoms. The van der Waals surface area contributed by atoms with Gasteiger partial charge in [-0.25, -0.2) is 0 Å². The van der Waals surface area contributed by atoms with Crippen molar-refractivity contribution in [3.05, 3.63) is 54.1 Å². The van der Waals surface area contributed by atoms with E-state index in [9.17, 15) is 13.6 Å². The van der Waals surface area contributed by atoms with Crippen LogP contribution < -0.4 is 10.1 Å². The molecule has 6 nitrogen and oxygen atoms in total. The second kappa shape index (κ2) is 8.83. The van der Waals surface area contributed by atoms with Gasteiger partial charge >= 0.3 is 6.61 Å². The third-order valence-electron chi connectivity index (χ3n) is 3.71. The van der Waals surface area contributed by atoms with E-state index >= 15 is 0 Å². The molecule has 1 N–H and O–H groups in total. The monoisotopic (exact) mass is 405 g/mol. The first-order chi connectivity index (χ1) is 13.4. The van der Waals surface area contributed by atoms with Crippen LogP contribution in [0.2, 0.25) is 0 Å². The summed E-state index contributed by atoms with van der Waals surface area (Å²) in [6, 6.07) is 13.6. The minimum Gasteiger partial charge on any atom is -0.433 e. The van der Waals surface area contributed by atoms with Crippen LogP contribution in [0, 0.1) is 6.92 Å². The molecule has 0 saturated heterocycles. The number of amides is 1. The van der Waals surface area contributed by atoms with Gasteiger partial charge in [0.05, 0.1) is 10.9 Å². The van der Waals surface area contributed by atoms with Gasteiger partial charge in [-0.15, -0.1) is 10.2 Å². The zero-order chi connectivity index (χ0) is 20.1. The van der Waals surface area contributed by atoms with Crippen molar-refractivity contribution in [3.8, 4) is 17.2 Å². The van der Waals surface area contributed by atoms with Gasteiger partial charge in [0.1, 0.15) is 5.75 Å². The maximum absolute atomic E-state index is 12.5. The largest absolute Gasteiger partial charge is 0.433 e. The lowest BCUT2D eigenvalue weighted by atomic mass is 10.1. The normalized spacial score (nSPS) is 12.0. The summed E-state index contributed by atoms with van der Waals surface area (Å²) in [5, 5.41) is 10.1. The number of aromatic nitrogens is 2. The minimum atomic E-state index is -2.98. The molecule has 3 rings (SSSR count). The fraction of sp³-hybridized carbons (Fsp3) is 0.211. The molecule has 0 fully saturated rings. The summed E-state index contributed by atoms with van der Waals surface area (Å²) in [7, 11) is 0. The number of benzene rings is 2. The summed E-state index contributed by atoms with van der Waals surface area (Å²) in [5.74, 6) is -0.168. The van der Waals surface area contributed by atoms with Crippen molar-refractivity contribution < 1.29 is 22.7 Å². The molecule has 1 atom stereocenters. The number of nitrogens with one attached hydrogen (secondary N) is 1. The zero-order valence-corrected chi connectivity index (χ0v) is 15.9. The molecular weight excluding hydrogens is 388 g/mol. The minimum absolute atomic E-state index is 0.109. The second-order valence-electron chi connectivity index (χ2n) is 5.86. The van der Waals surface area contributed by atoms with Crippen LogP contribution in [0.1, 0.15) is 12.5 Å². The quantitative estimate of drug-likeness (QED) is 0.571. The van der Waals surface area contributed by atoms with Crippen LogP contribution in [0.3, 0.4) is 0 Å². The SMILES string of the molecule is Cc1ccc(-c2nnc(S[C@H](C)C(=O)Nc3ccccc3OC(F)F)o2)cc1. The number of carbonyl (C=O) groups excluding carboxylic acids is 1. The van der Waals surface area contributed by atoms with E-state index in [1.54, 1.807) is 13.0 Å². The van der Waals surface area contributed by atoms with Gasteiger partial charge < -0.3 is 14.5 Å². The molecule has 146 valence electrons. The number of hydrogen-bond acceptors (Lipinski definition) is 6. The molecule has 0 bridgehead atoms. The number of nitrogens with zero attached hydrogens (tertiary/aromatic N) is 2. The molecule has 1 heterocycles. The molecule has 0 aliphatic carbocycles. The van der Waals surface area contributed by atoms with Gasteiger partial charge in [-0.05, 0) is 38.1 Å². The lowest BCUT2D eigenvalue weighted by molar-refractivity contribution is -0.115. The number of ether oxygens (including phenoxy) is 1. The Morgan fingerprint density at radius 3 is 2.57 bits per heavy atom. The summed E-state index contributed by atoms with van der Waals surface area (Å²) in [6.45, 7) is 0.638. The van der Waals surface area contributed by atoms with E-state index in [0.717, 1.165) is 22.9 Å². The summed E-state index contributed by atoms with van der Waals surface area (Å²) >= 11 is 1.07. The number of rotatable bonds is 7. The van der Waals surface area contributed by atoms with E-state index in [0.29, 0.717) is 5.89 Å². The Labute approximate surface area is 164 Å². The number of hydrogen-bond donors (Lipinski definition) is 1.